The third kappa shape index (κ3) is 4.28. The number of methoxy groups -OCH3 is 1. The molecule has 0 aromatic heterocycles. The molecule has 2 aromatic carbocycles. The highest BCUT2D eigenvalue weighted by Gasteiger charge is 2.28. The van der Waals surface area contributed by atoms with Gasteiger partial charge in [0.1, 0.15) is 6.61 Å². The maximum absolute atomic E-state index is 12.1. The smallest absolute Gasteiger partial charge is 0.171 e. The molecule has 0 saturated heterocycles. The number of Topliss-reactive ketones (excluding diaryl/α,β-unsaturated/α-hetero) is 1. The van der Waals surface area contributed by atoms with Crippen molar-refractivity contribution in [3.63, 3.8) is 0 Å². The Balaban J connectivity index is 1.88. The zero-order valence-electron chi connectivity index (χ0n) is 15.5. The first-order chi connectivity index (χ1) is 13.0. The molecule has 1 aliphatic rings. The molecular formula is C21H22N2O3S. The predicted octanol–water partition coefficient (Wildman–Crippen LogP) is 3.66. The van der Waals surface area contributed by atoms with Crippen LogP contribution in [0.15, 0.2) is 59.8 Å². The molecular weight excluding hydrogens is 360 g/mol. The van der Waals surface area contributed by atoms with Crippen LogP contribution < -0.4 is 20.1 Å². The molecule has 0 unspecified atom stereocenters. The highest BCUT2D eigenvalue weighted by Crippen LogP contribution is 2.34. The molecule has 0 bridgehead atoms. The minimum atomic E-state index is -0.326. The summed E-state index contributed by atoms with van der Waals surface area (Å²) in [5.74, 6) is 1.24. The first kappa shape index (κ1) is 18.9. The largest absolute Gasteiger partial charge is 0.493 e. The molecule has 0 amide bonds. The molecule has 0 radical (unpaired) electrons. The second-order valence-electron chi connectivity index (χ2n) is 6.31. The SMILES string of the molecule is COc1cc([C@H]2NC(=S)NC(C)=C2C(C)=O)ccc1OCc1ccccc1. The number of ether oxygens (including phenoxy) is 2. The number of nitrogens with one attached hydrogen (secondary N) is 2. The zero-order chi connectivity index (χ0) is 19.4. The predicted molar refractivity (Wildman–Crippen MR) is 109 cm³/mol. The van der Waals surface area contributed by atoms with Crippen LogP contribution in [0.5, 0.6) is 11.5 Å². The van der Waals surface area contributed by atoms with Crippen LogP contribution in [-0.2, 0) is 11.4 Å². The van der Waals surface area contributed by atoms with Crippen LogP contribution in [0.4, 0.5) is 0 Å². The summed E-state index contributed by atoms with van der Waals surface area (Å²) in [6.45, 7) is 3.85. The van der Waals surface area contributed by atoms with Crippen molar-refractivity contribution in [2.75, 3.05) is 7.11 Å². The number of thiocarbonyl (C=S) groups is 1. The number of ketones is 1. The fourth-order valence-electron chi connectivity index (χ4n) is 3.13. The first-order valence-electron chi connectivity index (χ1n) is 8.63. The summed E-state index contributed by atoms with van der Waals surface area (Å²) in [7, 11) is 1.60. The van der Waals surface area contributed by atoms with Gasteiger partial charge in [-0.1, -0.05) is 36.4 Å². The van der Waals surface area contributed by atoms with Crippen LogP contribution >= 0.6 is 12.2 Å². The Bertz CT molecular complexity index is 894. The molecule has 1 aliphatic heterocycles. The fourth-order valence-corrected chi connectivity index (χ4v) is 3.40. The van der Waals surface area contributed by atoms with Crippen molar-refractivity contribution >= 4 is 23.1 Å². The normalized spacial score (nSPS) is 16.4. The zero-order valence-corrected chi connectivity index (χ0v) is 16.4. The Kier molecular flexibility index (Phi) is 5.76. The number of carbonyl (C=O) groups is 1. The Morgan fingerprint density at radius 3 is 2.56 bits per heavy atom. The average Bonchev–Trinajstić information content (AvgIpc) is 2.66. The molecule has 140 valence electrons. The first-order valence-corrected chi connectivity index (χ1v) is 9.04. The van der Waals surface area contributed by atoms with Crippen molar-refractivity contribution in [1.29, 1.82) is 0 Å². The van der Waals surface area contributed by atoms with E-state index in [9.17, 15) is 4.79 Å². The molecule has 5 nitrogen and oxygen atoms in total. The summed E-state index contributed by atoms with van der Waals surface area (Å²) in [4.78, 5) is 12.1. The number of allylic oxidation sites excluding steroid dienone is 1. The van der Waals surface area contributed by atoms with Gasteiger partial charge in [-0.3, -0.25) is 4.79 Å². The van der Waals surface area contributed by atoms with Crippen molar-refractivity contribution in [2.45, 2.75) is 26.5 Å². The topological polar surface area (TPSA) is 59.6 Å². The summed E-state index contributed by atoms with van der Waals surface area (Å²) in [5, 5.41) is 6.67. The Labute approximate surface area is 164 Å². The van der Waals surface area contributed by atoms with Gasteiger partial charge >= 0.3 is 0 Å². The van der Waals surface area contributed by atoms with E-state index in [1.807, 2.05) is 55.5 Å². The molecule has 6 heteroatoms. The van der Waals surface area contributed by atoms with Crippen LogP contribution in [0.3, 0.4) is 0 Å². The average molecular weight is 382 g/mol. The van der Waals surface area contributed by atoms with Gasteiger partial charge < -0.3 is 20.1 Å². The van der Waals surface area contributed by atoms with E-state index < -0.39 is 0 Å². The molecule has 0 fully saturated rings. The highest BCUT2D eigenvalue weighted by atomic mass is 32.1. The van der Waals surface area contributed by atoms with Gasteiger partial charge in [-0.15, -0.1) is 0 Å². The van der Waals surface area contributed by atoms with E-state index >= 15 is 0 Å². The number of carbonyl (C=O) groups excluding carboxylic acids is 1. The van der Waals surface area contributed by atoms with Crippen molar-refractivity contribution in [2.24, 2.45) is 0 Å². The lowest BCUT2D eigenvalue weighted by Crippen LogP contribution is -2.44. The molecule has 0 aliphatic carbocycles. The van der Waals surface area contributed by atoms with Crippen molar-refractivity contribution in [3.05, 3.63) is 70.9 Å². The van der Waals surface area contributed by atoms with Gasteiger partial charge in [-0.2, -0.15) is 0 Å². The maximum Gasteiger partial charge on any atom is 0.171 e. The molecule has 0 spiro atoms. The summed E-state index contributed by atoms with van der Waals surface area (Å²) in [6, 6.07) is 15.3. The summed E-state index contributed by atoms with van der Waals surface area (Å²) in [6.07, 6.45) is 0. The van der Waals surface area contributed by atoms with Gasteiger partial charge in [0.2, 0.25) is 0 Å². The third-order valence-corrected chi connectivity index (χ3v) is 4.63. The lowest BCUT2D eigenvalue weighted by Gasteiger charge is -2.30. The second kappa shape index (κ2) is 8.22. The summed E-state index contributed by atoms with van der Waals surface area (Å²) >= 11 is 5.26. The second-order valence-corrected chi connectivity index (χ2v) is 6.72. The maximum atomic E-state index is 12.1. The standard InChI is InChI=1S/C21H22N2O3S/c1-13-19(14(2)24)20(23-21(27)22-13)16-9-10-17(18(11-16)25-3)26-12-15-7-5-4-6-8-15/h4-11,20H,12H2,1-3H3,(H2,22,23,27)/t20-/m1/s1. The van der Waals surface area contributed by atoms with Gasteiger partial charge in [0.15, 0.2) is 22.4 Å². The summed E-state index contributed by atoms with van der Waals surface area (Å²) < 4.78 is 11.4. The molecule has 27 heavy (non-hydrogen) atoms. The Morgan fingerprint density at radius 2 is 1.89 bits per heavy atom. The fraction of sp³-hybridized carbons (Fsp3) is 0.238. The van der Waals surface area contributed by atoms with Gasteiger partial charge in [0, 0.05) is 11.3 Å². The number of hydrogen-bond acceptors (Lipinski definition) is 4. The lowest BCUT2D eigenvalue weighted by atomic mass is 9.93. The van der Waals surface area contributed by atoms with Crippen LogP contribution in [0.1, 0.15) is 31.0 Å². The van der Waals surface area contributed by atoms with Gasteiger partial charge in [-0.25, -0.2) is 0 Å². The van der Waals surface area contributed by atoms with E-state index in [1.54, 1.807) is 14.0 Å². The molecule has 3 rings (SSSR count). The van der Waals surface area contributed by atoms with Gasteiger partial charge in [-0.05, 0) is 49.3 Å². The van der Waals surface area contributed by atoms with E-state index in [1.165, 1.54) is 0 Å². The van der Waals surface area contributed by atoms with E-state index in [0.717, 1.165) is 16.8 Å². The lowest BCUT2D eigenvalue weighted by molar-refractivity contribution is -0.114. The van der Waals surface area contributed by atoms with Crippen molar-refractivity contribution in [1.82, 2.24) is 10.6 Å². The van der Waals surface area contributed by atoms with Gasteiger partial charge in [0.25, 0.3) is 0 Å². The van der Waals surface area contributed by atoms with Crippen LogP contribution in [-0.4, -0.2) is 18.0 Å². The number of hydrogen-bond donors (Lipinski definition) is 2. The molecule has 2 N–H and O–H groups in total. The van der Waals surface area contributed by atoms with Crippen LogP contribution in [0, 0.1) is 0 Å². The molecule has 0 saturated carbocycles. The highest BCUT2D eigenvalue weighted by molar-refractivity contribution is 7.80. The van der Waals surface area contributed by atoms with E-state index in [4.69, 9.17) is 21.7 Å². The molecule has 1 heterocycles. The quantitative estimate of drug-likeness (QED) is 0.744. The number of rotatable bonds is 6. The molecule has 2 aromatic rings. The van der Waals surface area contributed by atoms with Crippen molar-refractivity contribution in [3.8, 4) is 11.5 Å². The minimum absolute atomic E-state index is 0.0108. The van der Waals surface area contributed by atoms with Crippen LogP contribution in [0.2, 0.25) is 0 Å². The Hall–Kier alpha value is -2.86. The minimum Gasteiger partial charge on any atom is -0.493 e. The molecule has 1 atom stereocenters. The van der Waals surface area contributed by atoms with E-state index in [-0.39, 0.29) is 11.8 Å². The monoisotopic (exact) mass is 382 g/mol. The number of benzene rings is 2. The summed E-state index contributed by atoms with van der Waals surface area (Å²) in [5.41, 5.74) is 3.38. The van der Waals surface area contributed by atoms with Crippen molar-refractivity contribution < 1.29 is 14.3 Å². The third-order valence-electron chi connectivity index (χ3n) is 4.41. The van der Waals surface area contributed by atoms with E-state index in [0.29, 0.717) is 28.8 Å². The van der Waals surface area contributed by atoms with Gasteiger partial charge in [0.05, 0.1) is 13.2 Å². The Morgan fingerprint density at radius 1 is 1.15 bits per heavy atom. The van der Waals surface area contributed by atoms with Crippen LogP contribution in [0.25, 0.3) is 0 Å². The van der Waals surface area contributed by atoms with E-state index in [2.05, 4.69) is 10.6 Å².